The third kappa shape index (κ3) is 3.54. The van der Waals surface area contributed by atoms with E-state index in [1.165, 1.54) is 0 Å². The zero-order valence-electron chi connectivity index (χ0n) is 10.8. The Morgan fingerprint density at radius 2 is 2.25 bits per heavy atom. The third-order valence-electron chi connectivity index (χ3n) is 3.00. The van der Waals surface area contributed by atoms with Crippen LogP contribution in [0.15, 0.2) is 4.52 Å². The number of alkyl halides is 3. The third-order valence-corrected chi connectivity index (χ3v) is 3.00. The fourth-order valence-corrected chi connectivity index (χ4v) is 1.85. The predicted octanol–water partition coefficient (Wildman–Crippen LogP) is 1.14. The first kappa shape index (κ1) is 14.9. The number of halogens is 3. The molecule has 6 nitrogen and oxygen atoms in total. The minimum absolute atomic E-state index is 0.174. The summed E-state index contributed by atoms with van der Waals surface area (Å²) in [6.45, 7) is 4.64. The van der Waals surface area contributed by atoms with Gasteiger partial charge in [0.2, 0.25) is 17.5 Å². The van der Waals surface area contributed by atoms with Crippen molar-refractivity contribution in [3.8, 4) is 0 Å². The Morgan fingerprint density at radius 3 is 2.90 bits per heavy atom. The van der Waals surface area contributed by atoms with Crippen LogP contribution in [0.2, 0.25) is 0 Å². The van der Waals surface area contributed by atoms with E-state index in [2.05, 4.69) is 19.6 Å². The van der Waals surface area contributed by atoms with E-state index in [9.17, 15) is 18.0 Å². The van der Waals surface area contributed by atoms with E-state index in [0.29, 0.717) is 13.2 Å². The summed E-state index contributed by atoms with van der Waals surface area (Å²) in [6, 6.07) is 0. The first-order valence-electron chi connectivity index (χ1n) is 6.16. The zero-order chi connectivity index (χ0) is 14.8. The van der Waals surface area contributed by atoms with Crippen LogP contribution in [0.25, 0.3) is 0 Å². The number of carbonyl (C=O) groups is 1. The van der Waals surface area contributed by atoms with Gasteiger partial charge in [-0.3, -0.25) is 9.69 Å². The number of rotatable bonds is 4. The monoisotopic (exact) mass is 293 g/mol. The largest absolute Gasteiger partial charge is 0.450 e. The predicted molar refractivity (Wildman–Crippen MR) is 59.9 cm³/mol. The topological polar surface area (TPSA) is 68.5 Å². The second kappa shape index (κ2) is 5.88. The van der Waals surface area contributed by atoms with Crippen LogP contribution >= 0.6 is 0 Å². The lowest BCUT2D eigenvalue weighted by molar-refractivity contribution is -0.170. The maximum absolute atomic E-state index is 12.1. The molecule has 2 rings (SSSR count). The van der Waals surface area contributed by atoms with Crippen LogP contribution < -0.4 is 0 Å². The zero-order valence-corrected chi connectivity index (χ0v) is 10.8. The van der Waals surface area contributed by atoms with Crippen molar-refractivity contribution in [3.05, 3.63) is 11.7 Å². The number of likely N-dealkylation sites (N-methyl/N-ethyl adjacent to an activating group) is 1. The summed E-state index contributed by atoms with van der Waals surface area (Å²) in [5.74, 6) is -2.08. The van der Waals surface area contributed by atoms with Crippen molar-refractivity contribution in [2.24, 2.45) is 0 Å². The molecule has 0 amide bonds. The number of hydrogen-bond acceptors (Lipinski definition) is 6. The Bertz CT molecular complexity index is 475. The van der Waals surface area contributed by atoms with Gasteiger partial charge in [-0.1, -0.05) is 12.1 Å². The van der Waals surface area contributed by atoms with Crippen molar-refractivity contribution < 1.29 is 27.2 Å². The number of aromatic nitrogens is 2. The number of hydrogen-bond donors (Lipinski definition) is 0. The lowest BCUT2D eigenvalue weighted by atomic mass is 10.2. The van der Waals surface area contributed by atoms with Gasteiger partial charge in [-0.15, -0.1) is 0 Å². The van der Waals surface area contributed by atoms with E-state index in [0.717, 1.165) is 13.1 Å². The molecule has 1 aromatic heterocycles. The van der Waals surface area contributed by atoms with Crippen molar-refractivity contribution in [2.75, 3.05) is 26.2 Å². The molecular formula is C11H14F3N3O3. The van der Waals surface area contributed by atoms with Gasteiger partial charge in [0.25, 0.3) is 0 Å². The molecule has 0 saturated carbocycles. The van der Waals surface area contributed by atoms with Crippen LogP contribution in [0.1, 0.15) is 24.7 Å². The Balaban J connectivity index is 2.00. The van der Waals surface area contributed by atoms with Gasteiger partial charge in [0, 0.05) is 13.1 Å². The number of carbonyl (C=O) groups excluding carboxylic acids is 1. The van der Waals surface area contributed by atoms with E-state index in [-0.39, 0.29) is 11.7 Å². The van der Waals surface area contributed by atoms with Gasteiger partial charge in [0.15, 0.2) is 0 Å². The minimum Gasteiger partial charge on any atom is -0.367 e. The van der Waals surface area contributed by atoms with Gasteiger partial charge in [-0.2, -0.15) is 18.2 Å². The molecule has 1 atom stereocenters. The van der Waals surface area contributed by atoms with Gasteiger partial charge >= 0.3 is 6.18 Å². The van der Waals surface area contributed by atoms with Gasteiger partial charge in [0.05, 0.1) is 13.0 Å². The van der Waals surface area contributed by atoms with Crippen LogP contribution in [0.4, 0.5) is 13.2 Å². The molecule has 20 heavy (non-hydrogen) atoms. The van der Waals surface area contributed by atoms with Crippen LogP contribution in [-0.4, -0.2) is 53.2 Å². The van der Waals surface area contributed by atoms with Gasteiger partial charge in [-0.25, -0.2) is 0 Å². The molecule has 1 saturated heterocycles. The summed E-state index contributed by atoms with van der Waals surface area (Å²) in [6.07, 6.45) is -6.28. The molecule has 0 N–H and O–H groups in total. The van der Waals surface area contributed by atoms with E-state index in [1.807, 2.05) is 6.92 Å². The van der Waals surface area contributed by atoms with E-state index in [4.69, 9.17) is 4.74 Å². The van der Waals surface area contributed by atoms with Crippen LogP contribution in [0.5, 0.6) is 0 Å². The highest BCUT2D eigenvalue weighted by Crippen LogP contribution is 2.21. The summed E-state index contributed by atoms with van der Waals surface area (Å²) in [5, 5.41) is 3.59. The summed E-state index contributed by atoms with van der Waals surface area (Å²) in [4.78, 5) is 16.7. The van der Waals surface area contributed by atoms with Crippen LogP contribution in [0, 0.1) is 0 Å². The number of ether oxygens (including phenoxy) is 1. The second-order valence-corrected chi connectivity index (χ2v) is 4.40. The molecule has 1 fully saturated rings. The molecule has 1 aliphatic rings. The first-order valence-corrected chi connectivity index (χ1v) is 6.16. The molecule has 1 unspecified atom stereocenters. The molecular weight excluding hydrogens is 279 g/mol. The van der Waals surface area contributed by atoms with Gasteiger partial charge in [-0.05, 0) is 6.54 Å². The SMILES string of the molecule is CCN1CCOC(c2noc(CC(=O)C(F)(F)F)n2)C1. The fraction of sp³-hybridized carbons (Fsp3) is 0.727. The average Bonchev–Trinajstić information content (AvgIpc) is 2.86. The van der Waals surface area contributed by atoms with Crippen molar-refractivity contribution in [3.63, 3.8) is 0 Å². The first-order chi connectivity index (χ1) is 9.40. The molecule has 9 heteroatoms. The number of morpholine rings is 1. The Morgan fingerprint density at radius 1 is 1.50 bits per heavy atom. The number of nitrogens with zero attached hydrogens (tertiary/aromatic N) is 3. The smallest absolute Gasteiger partial charge is 0.367 e. The summed E-state index contributed by atoms with van der Waals surface area (Å²) < 4.78 is 46.5. The highest BCUT2D eigenvalue weighted by atomic mass is 19.4. The van der Waals surface area contributed by atoms with E-state index in [1.54, 1.807) is 0 Å². The molecule has 0 bridgehead atoms. The molecule has 0 aromatic carbocycles. The lowest BCUT2D eigenvalue weighted by Gasteiger charge is -2.30. The lowest BCUT2D eigenvalue weighted by Crippen LogP contribution is -2.38. The fourth-order valence-electron chi connectivity index (χ4n) is 1.85. The molecule has 1 aliphatic heterocycles. The Kier molecular flexibility index (Phi) is 4.39. The van der Waals surface area contributed by atoms with E-state index >= 15 is 0 Å². The molecule has 112 valence electrons. The van der Waals surface area contributed by atoms with Crippen molar-refractivity contribution in [1.82, 2.24) is 15.0 Å². The summed E-state index contributed by atoms with van der Waals surface area (Å²) in [7, 11) is 0. The van der Waals surface area contributed by atoms with Crippen LogP contribution in [-0.2, 0) is 16.0 Å². The maximum Gasteiger partial charge on any atom is 0.450 e. The van der Waals surface area contributed by atoms with Gasteiger partial charge < -0.3 is 9.26 Å². The molecule has 2 heterocycles. The summed E-state index contributed by atoms with van der Waals surface area (Å²) in [5.41, 5.74) is 0. The van der Waals surface area contributed by atoms with Gasteiger partial charge in [0.1, 0.15) is 6.10 Å². The minimum atomic E-state index is -4.89. The summed E-state index contributed by atoms with van der Waals surface area (Å²) >= 11 is 0. The number of ketones is 1. The normalized spacial score (nSPS) is 21.1. The Hall–Kier alpha value is -1.48. The van der Waals surface area contributed by atoms with Crippen molar-refractivity contribution >= 4 is 5.78 Å². The molecule has 0 radical (unpaired) electrons. The van der Waals surface area contributed by atoms with E-state index < -0.39 is 24.5 Å². The molecule has 0 aliphatic carbocycles. The highest BCUT2D eigenvalue weighted by molar-refractivity contribution is 5.85. The molecule has 0 spiro atoms. The van der Waals surface area contributed by atoms with Crippen LogP contribution in [0.3, 0.4) is 0 Å². The number of Topliss-reactive ketones (excluding diaryl/α,β-unsaturated/α-hetero) is 1. The standard InChI is InChI=1S/C11H14F3N3O3/c1-2-17-3-4-19-7(6-17)10-15-9(20-16-10)5-8(18)11(12,13)14/h7H,2-6H2,1H3. The average molecular weight is 293 g/mol. The highest BCUT2D eigenvalue weighted by Gasteiger charge is 2.39. The quantitative estimate of drug-likeness (QED) is 0.829. The van der Waals surface area contributed by atoms with Crippen molar-refractivity contribution in [1.29, 1.82) is 0 Å². The Labute approximate surface area is 112 Å². The maximum atomic E-state index is 12.1. The second-order valence-electron chi connectivity index (χ2n) is 4.40. The van der Waals surface area contributed by atoms with Crippen molar-refractivity contribution in [2.45, 2.75) is 25.6 Å². The molecule has 1 aromatic rings.